The van der Waals surface area contributed by atoms with Crippen LogP contribution in [0, 0.1) is 18.8 Å². The Hall–Kier alpha value is -6.11. The molecule has 66 heavy (non-hydrogen) atoms. The highest BCUT2D eigenvalue weighted by atomic mass is 32.1. The molecule has 7 amide bonds. The Kier molecular flexibility index (Phi) is 20.3. The van der Waals surface area contributed by atoms with Gasteiger partial charge in [0.1, 0.15) is 41.9 Å². The number of likely N-dealkylation sites (tertiary alicyclic amines) is 1. The van der Waals surface area contributed by atoms with Gasteiger partial charge >= 0.3 is 5.97 Å². The lowest BCUT2D eigenvalue weighted by molar-refractivity contribution is -0.143. The smallest absolute Gasteiger partial charge is 0.330 e. The maximum atomic E-state index is 14.4. The molecule has 0 radical (unpaired) electrons. The predicted molar refractivity (Wildman–Crippen MR) is 251 cm³/mol. The summed E-state index contributed by atoms with van der Waals surface area (Å²) in [4.78, 5) is 117. The standard InChI is InChI=1S/C47H67N9O9S/c1-8-10-17-33(51-42(59)34(19-13-14-21-39(57)65-7)52-44(61)37-26-66-29(6)50-37)43(60)55-40(28(5)9-2)46(63)54-36(23-27(3)4)47(64)56-22-15-20-38(56)45(62)53-35(41(48)58)24-30-25-49-32-18-12-11-16-31(30)32/h11-12,14,16,18,21,25-28,33-36,38,40,49H,8-10,13,15,17,19-20,22-24H2,1-7H3,(H2,48,58)(H,51,59)(H,52,61)(H,53,62)(H,54,63)(H,55,60)/b21-14+/t28?,33-,34-,35-,36-,38-,40-/m0/s1. The van der Waals surface area contributed by atoms with Gasteiger partial charge < -0.3 is 46.9 Å². The number of hydrogen-bond donors (Lipinski definition) is 7. The number of primary amides is 1. The number of aryl methyl sites for hydroxylation is 1. The number of carbonyl (C=O) groups excluding carboxylic acids is 8. The highest BCUT2D eigenvalue weighted by molar-refractivity contribution is 7.09. The number of aromatic amines is 1. The highest BCUT2D eigenvalue weighted by Crippen LogP contribution is 2.23. The van der Waals surface area contributed by atoms with E-state index in [9.17, 15) is 38.4 Å². The number of fused-ring (bicyclic) bond motifs is 1. The van der Waals surface area contributed by atoms with E-state index in [2.05, 4.69) is 41.3 Å². The van der Waals surface area contributed by atoms with Crippen LogP contribution in [0.1, 0.15) is 113 Å². The largest absolute Gasteiger partial charge is 0.466 e. The number of thiazole rings is 1. The monoisotopic (exact) mass is 933 g/mol. The number of hydrogen-bond acceptors (Lipinski definition) is 11. The first-order valence-corrected chi connectivity index (χ1v) is 23.7. The van der Waals surface area contributed by atoms with Gasteiger partial charge in [0.15, 0.2) is 0 Å². The lowest BCUT2D eigenvalue weighted by atomic mass is 9.95. The molecule has 360 valence electrons. The molecule has 3 aromatic rings. The summed E-state index contributed by atoms with van der Waals surface area (Å²) in [5, 5.41) is 17.2. The van der Waals surface area contributed by atoms with Gasteiger partial charge in [0.25, 0.3) is 5.91 Å². The zero-order valence-electron chi connectivity index (χ0n) is 39.1. The molecule has 7 atom stereocenters. The Balaban J connectivity index is 1.49. The van der Waals surface area contributed by atoms with Crippen LogP contribution in [0.15, 0.2) is 48.0 Å². The summed E-state index contributed by atoms with van der Waals surface area (Å²) < 4.78 is 4.64. The second-order valence-corrected chi connectivity index (χ2v) is 18.3. The molecule has 3 heterocycles. The molecular weight excluding hydrogens is 867 g/mol. The van der Waals surface area contributed by atoms with E-state index in [-0.39, 0.29) is 50.3 Å². The number of benzene rings is 1. The number of methoxy groups -OCH3 is 1. The fourth-order valence-electron chi connectivity index (χ4n) is 7.85. The van der Waals surface area contributed by atoms with E-state index in [0.717, 1.165) is 16.5 Å². The molecule has 19 heteroatoms. The molecule has 2 aromatic heterocycles. The van der Waals surface area contributed by atoms with Gasteiger partial charge in [0.2, 0.25) is 35.4 Å². The van der Waals surface area contributed by atoms with Crippen LogP contribution in [-0.4, -0.2) is 112 Å². The molecule has 8 N–H and O–H groups in total. The van der Waals surface area contributed by atoms with Gasteiger partial charge in [-0.15, -0.1) is 11.3 Å². The van der Waals surface area contributed by atoms with E-state index in [1.807, 2.05) is 52.0 Å². The average molecular weight is 934 g/mol. The van der Waals surface area contributed by atoms with Crippen LogP contribution in [0.5, 0.6) is 0 Å². The Labute approximate surface area is 390 Å². The van der Waals surface area contributed by atoms with Crippen molar-refractivity contribution >= 4 is 69.6 Å². The first-order chi connectivity index (χ1) is 31.5. The topological polar surface area (TPSA) is 264 Å². The molecule has 1 aliphatic rings. The van der Waals surface area contributed by atoms with Gasteiger partial charge in [-0.25, -0.2) is 9.78 Å². The maximum absolute atomic E-state index is 14.4. The van der Waals surface area contributed by atoms with Crippen molar-refractivity contribution < 1.29 is 43.1 Å². The molecular formula is C47H67N9O9S. The summed E-state index contributed by atoms with van der Waals surface area (Å²) in [7, 11) is 1.24. The van der Waals surface area contributed by atoms with Crippen molar-refractivity contribution in [2.24, 2.45) is 17.6 Å². The number of amides is 7. The minimum absolute atomic E-state index is 0.0567. The second-order valence-electron chi connectivity index (χ2n) is 17.3. The van der Waals surface area contributed by atoms with Gasteiger partial charge in [-0.05, 0) is 68.9 Å². The van der Waals surface area contributed by atoms with Crippen molar-refractivity contribution in [1.29, 1.82) is 0 Å². The number of aromatic nitrogens is 2. The van der Waals surface area contributed by atoms with Crippen LogP contribution in [0.25, 0.3) is 10.9 Å². The zero-order valence-corrected chi connectivity index (χ0v) is 39.9. The van der Waals surface area contributed by atoms with Gasteiger partial charge in [0.05, 0.1) is 12.1 Å². The predicted octanol–water partition coefficient (Wildman–Crippen LogP) is 3.48. The maximum Gasteiger partial charge on any atom is 0.330 e. The number of nitrogens with two attached hydrogens (primary N) is 1. The van der Waals surface area contributed by atoms with Gasteiger partial charge in [-0.3, -0.25) is 33.6 Å². The number of H-pyrrole nitrogens is 1. The Bertz CT molecular complexity index is 2200. The molecule has 18 nitrogen and oxygen atoms in total. The summed E-state index contributed by atoms with van der Waals surface area (Å²) in [5.74, 6) is -5.21. The first-order valence-electron chi connectivity index (χ1n) is 22.8. The number of nitrogens with one attached hydrogen (secondary N) is 6. The van der Waals surface area contributed by atoms with E-state index in [1.54, 1.807) is 25.4 Å². The number of unbranched alkanes of at least 4 members (excludes halogenated alkanes) is 1. The lowest BCUT2D eigenvalue weighted by Gasteiger charge is -2.32. The van der Waals surface area contributed by atoms with Crippen LogP contribution in [0.4, 0.5) is 0 Å². The molecule has 0 aliphatic carbocycles. The van der Waals surface area contributed by atoms with Crippen LogP contribution in [0.3, 0.4) is 0 Å². The third-order valence-electron chi connectivity index (χ3n) is 11.7. The number of para-hydroxylation sites is 1. The van der Waals surface area contributed by atoms with Crippen LogP contribution >= 0.6 is 11.3 Å². The second kappa shape index (κ2) is 25.5. The third-order valence-corrected chi connectivity index (χ3v) is 12.5. The van der Waals surface area contributed by atoms with E-state index < -0.39 is 89.5 Å². The third kappa shape index (κ3) is 15.0. The SMILES string of the molecule is CCCC[C@H](NC(=O)[C@H](CC/C=C/C(=O)OC)NC(=O)c1csc(C)n1)C(=O)N[C@H](C(=O)N[C@@H](CC(C)C)C(=O)N1CCC[C@H]1C(=O)N[C@@H](Cc1c[nH]c2ccccc12)C(N)=O)C(C)CC. The van der Waals surface area contributed by atoms with Crippen molar-refractivity contribution in [2.75, 3.05) is 13.7 Å². The Morgan fingerprint density at radius 2 is 1.62 bits per heavy atom. The average Bonchev–Trinajstić information content (AvgIpc) is 4.07. The van der Waals surface area contributed by atoms with Crippen molar-refractivity contribution in [1.82, 2.24) is 41.5 Å². The number of carbonyl (C=O) groups is 8. The van der Waals surface area contributed by atoms with Crippen molar-refractivity contribution in [3.8, 4) is 0 Å². The molecule has 1 aromatic carbocycles. The summed E-state index contributed by atoms with van der Waals surface area (Å²) >= 11 is 1.28. The number of ether oxygens (including phenoxy) is 1. The van der Waals surface area contributed by atoms with Gasteiger partial charge in [-0.1, -0.05) is 78.2 Å². The lowest BCUT2D eigenvalue weighted by Crippen LogP contribution is -2.60. The minimum Gasteiger partial charge on any atom is -0.466 e. The van der Waals surface area contributed by atoms with Crippen molar-refractivity contribution in [3.05, 3.63) is 64.3 Å². The Morgan fingerprint density at radius 3 is 2.27 bits per heavy atom. The highest BCUT2D eigenvalue weighted by Gasteiger charge is 2.40. The normalized spacial score (nSPS) is 16.5. The molecule has 0 spiro atoms. The molecule has 0 bridgehead atoms. The number of esters is 1. The number of allylic oxidation sites excluding steroid dienone is 1. The number of rotatable bonds is 25. The molecule has 1 aliphatic heterocycles. The van der Waals surface area contributed by atoms with E-state index in [1.165, 1.54) is 35.5 Å². The molecule has 1 unspecified atom stereocenters. The Morgan fingerprint density at radius 1 is 0.924 bits per heavy atom. The van der Waals surface area contributed by atoms with E-state index in [4.69, 9.17) is 5.73 Å². The summed E-state index contributed by atoms with van der Waals surface area (Å²) in [6.07, 6.45) is 7.98. The number of nitrogens with zero attached hydrogens (tertiary/aromatic N) is 2. The molecule has 4 rings (SSSR count). The fourth-order valence-corrected chi connectivity index (χ4v) is 8.45. The van der Waals surface area contributed by atoms with E-state index >= 15 is 0 Å². The molecule has 0 saturated carbocycles. The van der Waals surface area contributed by atoms with Crippen LogP contribution < -0.4 is 32.3 Å². The summed E-state index contributed by atoms with van der Waals surface area (Å²) in [5.41, 5.74) is 7.58. The van der Waals surface area contributed by atoms with Crippen molar-refractivity contribution in [3.63, 3.8) is 0 Å². The fraction of sp³-hybridized carbons (Fsp3) is 0.553. The van der Waals surface area contributed by atoms with Gasteiger partial charge in [0, 0.05) is 41.5 Å². The summed E-state index contributed by atoms with van der Waals surface area (Å²) in [6.45, 7) is 11.4. The van der Waals surface area contributed by atoms with Crippen molar-refractivity contribution in [2.45, 2.75) is 142 Å². The molecule has 1 saturated heterocycles. The van der Waals surface area contributed by atoms with Crippen LogP contribution in [-0.2, 0) is 44.7 Å². The molecule has 1 fully saturated rings. The first kappa shape index (κ1) is 52.5. The summed E-state index contributed by atoms with van der Waals surface area (Å²) in [6, 6.07) is 1.23. The van der Waals surface area contributed by atoms with Gasteiger partial charge in [-0.2, -0.15) is 0 Å². The van der Waals surface area contributed by atoms with Crippen LogP contribution in [0.2, 0.25) is 0 Å². The minimum atomic E-state index is -1.12. The quantitative estimate of drug-likeness (QED) is 0.0481. The van der Waals surface area contributed by atoms with E-state index in [0.29, 0.717) is 37.1 Å². The zero-order chi connectivity index (χ0) is 48.5.